The van der Waals surface area contributed by atoms with E-state index in [9.17, 15) is 23.1 Å². The molecule has 4 heterocycles. The van der Waals surface area contributed by atoms with E-state index >= 15 is 0 Å². The van der Waals surface area contributed by atoms with E-state index < -0.39 is 36.2 Å². The van der Waals surface area contributed by atoms with Gasteiger partial charge in [-0.2, -0.15) is 8.78 Å². The molecule has 172 valence electrons. The first-order chi connectivity index (χ1) is 16.4. The molecule has 0 saturated carbocycles. The Labute approximate surface area is 190 Å². The van der Waals surface area contributed by atoms with Gasteiger partial charge in [0.1, 0.15) is 18.0 Å². The predicted molar refractivity (Wildman–Crippen MR) is 111 cm³/mol. The first-order valence-electron chi connectivity index (χ1n) is 10.2. The number of aromatic nitrogens is 4. The lowest BCUT2D eigenvalue weighted by Crippen LogP contribution is -2.34. The second kappa shape index (κ2) is 8.67. The molecular weight excluding hydrogens is 451 g/mol. The average molecular weight is 467 g/mol. The van der Waals surface area contributed by atoms with Crippen LogP contribution in [0.3, 0.4) is 0 Å². The zero-order chi connectivity index (χ0) is 23.8. The summed E-state index contributed by atoms with van der Waals surface area (Å²) in [5.41, 5.74) is 1.82. The third-order valence-corrected chi connectivity index (χ3v) is 5.50. The van der Waals surface area contributed by atoms with Gasteiger partial charge in [-0.05, 0) is 42.0 Å². The van der Waals surface area contributed by atoms with Gasteiger partial charge in [0, 0.05) is 23.9 Å². The molecule has 4 aromatic rings. The minimum absolute atomic E-state index is 0.133. The molecule has 0 spiro atoms. The molecule has 11 heteroatoms. The topological polar surface area (TPSA) is 105 Å². The van der Waals surface area contributed by atoms with Crippen LogP contribution in [0.4, 0.5) is 13.2 Å². The van der Waals surface area contributed by atoms with Gasteiger partial charge in [-0.15, -0.1) is 10.2 Å². The van der Waals surface area contributed by atoms with Crippen molar-refractivity contribution < 1.29 is 27.5 Å². The highest BCUT2D eigenvalue weighted by atomic mass is 19.3. The number of amides is 1. The molecule has 8 nitrogen and oxygen atoms in total. The predicted octanol–water partition coefficient (Wildman–Crippen LogP) is 4.03. The van der Waals surface area contributed by atoms with Crippen molar-refractivity contribution in [2.45, 2.75) is 25.1 Å². The Kier molecular flexibility index (Phi) is 5.54. The highest BCUT2D eigenvalue weighted by Gasteiger charge is 2.39. The van der Waals surface area contributed by atoms with Crippen LogP contribution in [0.2, 0.25) is 0 Å². The highest BCUT2D eigenvalue weighted by Crippen LogP contribution is 2.39. The second-order valence-electron chi connectivity index (χ2n) is 7.60. The standard InChI is InChI=1S/C23H16F3N5O3/c24-14-6-7-16(28-10-14)18(19(32)17-3-1-2-8-27-17)31-11-13-5-4-12(9-15(13)23(31)33)21-29-30-22(34-21)20(25)26/h1-10,18-20,32H,11H2/t18-,19+/m1/s1. The van der Waals surface area contributed by atoms with Crippen molar-refractivity contribution >= 4 is 5.91 Å². The van der Waals surface area contributed by atoms with Gasteiger partial charge in [-0.1, -0.05) is 12.1 Å². The Balaban J connectivity index is 1.51. The van der Waals surface area contributed by atoms with Crippen molar-refractivity contribution in [3.63, 3.8) is 0 Å². The number of hydrogen-bond acceptors (Lipinski definition) is 7. The van der Waals surface area contributed by atoms with E-state index in [0.29, 0.717) is 16.8 Å². The molecule has 34 heavy (non-hydrogen) atoms. The van der Waals surface area contributed by atoms with Crippen LogP contribution in [0.25, 0.3) is 11.5 Å². The summed E-state index contributed by atoms with van der Waals surface area (Å²) in [6.45, 7) is 0.133. The van der Waals surface area contributed by atoms with E-state index in [1.807, 2.05) is 0 Å². The maximum absolute atomic E-state index is 13.5. The minimum Gasteiger partial charge on any atom is -0.415 e. The van der Waals surface area contributed by atoms with E-state index in [4.69, 9.17) is 4.42 Å². The Morgan fingerprint density at radius 2 is 1.88 bits per heavy atom. The van der Waals surface area contributed by atoms with Crippen LogP contribution >= 0.6 is 0 Å². The van der Waals surface area contributed by atoms with Gasteiger partial charge in [0.05, 0.1) is 17.6 Å². The second-order valence-corrected chi connectivity index (χ2v) is 7.60. The maximum Gasteiger partial charge on any atom is 0.314 e. The molecule has 0 bridgehead atoms. The van der Waals surface area contributed by atoms with E-state index in [2.05, 4.69) is 20.2 Å². The molecule has 0 fully saturated rings. The van der Waals surface area contributed by atoms with Gasteiger partial charge in [-0.3, -0.25) is 14.8 Å². The van der Waals surface area contributed by atoms with E-state index in [-0.39, 0.29) is 23.7 Å². The van der Waals surface area contributed by atoms with Crippen molar-refractivity contribution in [3.05, 3.63) is 95.1 Å². The van der Waals surface area contributed by atoms with Crippen LogP contribution in [0, 0.1) is 5.82 Å². The summed E-state index contributed by atoms with van der Waals surface area (Å²) in [5, 5.41) is 18.1. The van der Waals surface area contributed by atoms with Crippen molar-refractivity contribution in [3.8, 4) is 11.5 Å². The number of aliphatic hydroxyl groups excluding tert-OH is 1. The summed E-state index contributed by atoms with van der Waals surface area (Å²) in [7, 11) is 0. The Morgan fingerprint density at radius 1 is 1.03 bits per heavy atom. The third-order valence-electron chi connectivity index (χ3n) is 5.50. The molecule has 0 aliphatic carbocycles. The number of hydrogen-bond donors (Lipinski definition) is 1. The molecule has 1 aromatic carbocycles. The summed E-state index contributed by atoms with van der Waals surface area (Å²) in [6.07, 6.45) is -1.64. The fourth-order valence-corrected chi connectivity index (χ4v) is 3.89. The lowest BCUT2D eigenvalue weighted by atomic mass is 10.0. The minimum atomic E-state index is -2.91. The largest absolute Gasteiger partial charge is 0.415 e. The van der Waals surface area contributed by atoms with Gasteiger partial charge in [0.25, 0.3) is 11.8 Å². The maximum atomic E-state index is 13.5. The fraction of sp³-hybridized carbons (Fsp3) is 0.174. The van der Waals surface area contributed by atoms with E-state index in [1.165, 1.54) is 29.3 Å². The van der Waals surface area contributed by atoms with Gasteiger partial charge in [0.2, 0.25) is 5.89 Å². The summed E-state index contributed by atoms with van der Waals surface area (Å²) in [6, 6.07) is 11.3. The summed E-state index contributed by atoms with van der Waals surface area (Å²) in [4.78, 5) is 23.1. The molecule has 3 aromatic heterocycles. The highest BCUT2D eigenvalue weighted by molar-refractivity contribution is 5.99. The molecule has 1 N–H and O–H groups in total. The van der Waals surface area contributed by atoms with Crippen LogP contribution in [0.1, 0.15) is 51.8 Å². The SMILES string of the molecule is O=C1c2cc(-c3nnc(C(F)F)o3)ccc2CN1[C@H](c1ccc(F)cn1)[C@@H](O)c1ccccn1. The molecule has 0 unspecified atom stereocenters. The van der Waals surface area contributed by atoms with Crippen LogP contribution in [0.15, 0.2) is 65.3 Å². The average Bonchev–Trinajstić information content (AvgIpc) is 3.47. The number of nitrogens with zero attached hydrogens (tertiary/aromatic N) is 5. The summed E-state index contributed by atoms with van der Waals surface area (Å²) >= 11 is 0. The quantitative estimate of drug-likeness (QED) is 0.456. The van der Waals surface area contributed by atoms with E-state index in [0.717, 1.165) is 6.20 Å². The molecular formula is C23H16F3N5O3. The zero-order valence-corrected chi connectivity index (χ0v) is 17.3. The molecule has 5 rings (SSSR count). The van der Waals surface area contributed by atoms with Gasteiger partial charge in [0.15, 0.2) is 0 Å². The first-order valence-corrected chi connectivity index (χ1v) is 10.2. The van der Waals surface area contributed by atoms with E-state index in [1.54, 1.807) is 30.3 Å². The van der Waals surface area contributed by atoms with Crippen molar-refractivity contribution in [1.29, 1.82) is 0 Å². The van der Waals surface area contributed by atoms with Crippen molar-refractivity contribution in [2.75, 3.05) is 0 Å². The number of halogens is 3. The van der Waals surface area contributed by atoms with Crippen molar-refractivity contribution in [2.24, 2.45) is 0 Å². The van der Waals surface area contributed by atoms with Gasteiger partial charge >= 0.3 is 6.43 Å². The molecule has 0 saturated heterocycles. The zero-order valence-electron chi connectivity index (χ0n) is 17.3. The number of fused-ring (bicyclic) bond motifs is 1. The van der Waals surface area contributed by atoms with Crippen LogP contribution in [0.5, 0.6) is 0 Å². The Morgan fingerprint density at radius 3 is 2.56 bits per heavy atom. The van der Waals surface area contributed by atoms with Crippen LogP contribution < -0.4 is 0 Å². The fourth-order valence-electron chi connectivity index (χ4n) is 3.89. The Bertz CT molecular complexity index is 1330. The van der Waals surface area contributed by atoms with Crippen molar-refractivity contribution in [1.82, 2.24) is 25.1 Å². The normalized spacial score (nSPS) is 15.0. The smallest absolute Gasteiger partial charge is 0.314 e. The molecule has 0 radical (unpaired) electrons. The number of rotatable bonds is 6. The summed E-state index contributed by atoms with van der Waals surface area (Å²) < 4.78 is 44.1. The number of aliphatic hydroxyl groups is 1. The molecule has 2 atom stereocenters. The van der Waals surface area contributed by atoms with Gasteiger partial charge < -0.3 is 14.4 Å². The number of benzene rings is 1. The molecule has 1 aliphatic heterocycles. The number of pyridine rings is 2. The number of alkyl halides is 2. The first kappa shape index (κ1) is 21.7. The number of carbonyl (C=O) groups is 1. The van der Waals surface area contributed by atoms with Crippen LogP contribution in [-0.4, -0.2) is 36.1 Å². The molecule has 1 amide bonds. The Hall–Kier alpha value is -4.12. The molecule has 1 aliphatic rings. The monoisotopic (exact) mass is 467 g/mol. The third kappa shape index (κ3) is 3.90. The lowest BCUT2D eigenvalue weighted by molar-refractivity contribution is 0.0332. The lowest BCUT2D eigenvalue weighted by Gasteiger charge is -2.31. The number of carbonyl (C=O) groups excluding carboxylic acids is 1. The summed E-state index contributed by atoms with van der Waals surface area (Å²) in [5.74, 6) is -1.95. The van der Waals surface area contributed by atoms with Crippen LogP contribution in [-0.2, 0) is 6.54 Å². The van der Waals surface area contributed by atoms with Gasteiger partial charge in [-0.25, -0.2) is 4.39 Å².